The van der Waals surface area contributed by atoms with Crippen LogP contribution in [0.5, 0.6) is 0 Å². The zero-order valence-electron chi connectivity index (χ0n) is 12.8. The van der Waals surface area contributed by atoms with Gasteiger partial charge >= 0.3 is 0 Å². The van der Waals surface area contributed by atoms with Crippen molar-refractivity contribution in [3.8, 4) is 0 Å². The van der Waals surface area contributed by atoms with Crippen molar-refractivity contribution in [3.63, 3.8) is 0 Å². The van der Waals surface area contributed by atoms with Crippen LogP contribution < -0.4 is 4.72 Å². The molecule has 1 aromatic carbocycles. The highest BCUT2D eigenvalue weighted by atomic mass is 32.2. The van der Waals surface area contributed by atoms with Crippen LogP contribution in [0.15, 0.2) is 29.2 Å². The summed E-state index contributed by atoms with van der Waals surface area (Å²) in [4.78, 5) is 0.283. The summed E-state index contributed by atoms with van der Waals surface area (Å²) in [6.45, 7) is 4.14. The molecule has 1 aliphatic rings. The lowest BCUT2D eigenvalue weighted by Gasteiger charge is -2.31. The van der Waals surface area contributed by atoms with Gasteiger partial charge in [-0.15, -0.1) is 0 Å². The monoisotopic (exact) mass is 346 g/mol. The Morgan fingerprint density at radius 1 is 1.09 bits per heavy atom. The Kier molecular flexibility index (Phi) is 5.26. The molecule has 1 aromatic rings. The molecular weight excluding hydrogens is 324 g/mol. The van der Waals surface area contributed by atoms with Crippen molar-refractivity contribution in [2.75, 3.05) is 18.8 Å². The van der Waals surface area contributed by atoms with Gasteiger partial charge in [0.15, 0.2) is 0 Å². The van der Waals surface area contributed by atoms with E-state index in [1.54, 1.807) is 31.2 Å². The Hall–Kier alpha value is -0.960. The molecule has 1 fully saturated rings. The Morgan fingerprint density at radius 2 is 1.64 bits per heavy atom. The maximum Gasteiger partial charge on any atom is 0.243 e. The summed E-state index contributed by atoms with van der Waals surface area (Å²) in [5, 5.41) is 0. The normalized spacial score (nSPS) is 18.5. The van der Waals surface area contributed by atoms with Crippen molar-refractivity contribution in [1.82, 2.24) is 9.03 Å². The van der Waals surface area contributed by atoms with E-state index in [1.807, 2.05) is 6.92 Å². The maximum absolute atomic E-state index is 12.5. The van der Waals surface area contributed by atoms with Crippen molar-refractivity contribution < 1.29 is 16.8 Å². The number of aryl methyl sites for hydroxylation is 1. The van der Waals surface area contributed by atoms with Crippen molar-refractivity contribution in [2.24, 2.45) is 0 Å². The van der Waals surface area contributed by atoms with Crippen LogP contribution in [0.25, 0.3) is 0 Å². The molecule has 1 aliphatic heterocycles. The average molecular weight is 346 g/mol. The first-order valence-corrected chi connectivity index (χ1v) is 10.4. The summed E-state index contributed by atoms with van der Waals surface area (Å²) in [5.74, 6) is 0.0366. The molecule has 0 amide bonds. The molecule has 0 spiro atoms. The second-order valence-electron chi connectivity index (χ2n) is 5.51. The van der Waals surface area contributed by atoms with Crippen molar-refractivity contribution >= 4 is 20.0 Å². The van der Waals surface area contributed by atoms with E-state index in [0.717, 1.165) is 5.56 Å². The van der Waals surface area contributed by atoms with Crippen LogP contribution in [-0.4, -0.2) is 46.0 Å². The minimum absolute atomic E-state index is 0.0366. The standard InChI is InChI=1S/C14H22N2O4S2/c1-3-21(17,18)15-13-8-10-16(11-9-13)22(19,20)14-6-4-12(2)5-7-14/h4-7,13,15H,3,8-11H2,1-2H3. The third kappa shape index (κ3) is 4.07. The molecule has 0 atom stereocenters. The second kappa shape index (κ2) is 6.66. The second-order valence-corrected chi connectivity index (χ2v) is 9.49. The van der Waals surface area contributed by atoms with Gasteiger partial charge in [0.05, 0.1) is 10.6 Å². The van der Waals surface area contributed by atoms with Crippen LogP contribution >= 0.6 is 0 Å². The largest absolute Gasteiger partial charge is 0.243 e. The zero-order chi connectivity index (χ0) is 16.4. The predicted octanol–water partition coefficient (Wildman–Crippen LogP) is 1.09. The maximum atomic E-state index is 12.5. The van der Waals surface area contributed by atoms with Gasteiger partial charge in [-0.25, -0.2) is 21.6 Å². The molecule has 1 saturated heterocycles. The molecule has 0 radical (unpaired) electrons. The molecule has 0 aromatic heterocycles. The number of hydrogen-bond donors (Lipinski definition) is 1. The highest BCUT2D eigenvalue weighted by molar-refractivity contribution is 7.89. The number of nitrogens with zero attached hydrogens (tertiary/aromatic N) is 1. The van der Waals surface area contributed by atoms with Crippen LogP contribution in [0.3, 0.4) is 0 Å². The first-order chi connectivity index (χ1) is 10.2. The highest BCUT2D eigenvalue weighted by Crippen LogP contribution is 2.21. The van der Waals surface area contributed by atoms with E-state index >= 15 is 0 Å². The molecule has 2 rings (SSSR count). The van der Waals surface area contributed by atoms with E-state index in [-0.39, 0.29) is 16.7 Å². The fraction of sp³-hybridized carbons (Fsp3) is 0.571. The molecule has 0 unspecified atom stereocenters. The van der Waals surface area contributed by atoms with Crippen molar-refractivity contribution in [2.45, 2.75) is 37.6 Å². The SMILES string of the molecule is CCS(=O)(=O)NC1CCN(S(=O)(=O)c2ccc(C)cc2)CC1. The summed E-state index contributed by atoms with van der Waals surface area (Å²) in [6.07, 6.45) is 0.981. The van der Waals surface area contributed by atoms with Crippen LogP contribution in [0, 0.1) is 6.92 Å². The van der Waals surface area contributed by atoms with Gasteiger partial charge in [0, 0.05) is 19.1 Å². The fourth-order valence-electron chi connectivity index (χ4n) is 2.41. The minimum atomic E-state index is -3.50. The van der Waals surface area contributed by atoms with Gasteiger partial charge in [-0.2, -0.15) is 4.31 Å². The minimum Gasteiger partial charge on any atom is -0.212 e. The molecule has 1 N–H and O–H groups in total. The van der Waals surface area contributed by atoms with Crippen molar-refractivity contribution in [3.05, 3.63) is 29.8 Å². The quantitative estimate of drug-likeness (QED) is 0.865. The lowest BCUT2D eigenvalue weighted by Crippen LogP contribution is -2.46. The van der Waals surface area contributed by atoms with Gasteiger partial charge in [0.2, 0.25) is 20.0 Å². The fourth-order valence-corrected chi connectivity index (χ4v) is 4.79. The van der Waals surface area contributed by atoms with Crippen molar-refractivity contribution in [1.29, 1.82) is 0 Å². The molecule has 8 heteroatoms. The lowest BCUT2D eigenvalue weighted by atomic mass is 10.1. The van der Waals surface area contributed by atoms with E-state index < -0.39 is 20.0 Å². The average Bonchev–Trinajstić information content (AvgIpc) is 2.48. The smallest absolute Gasteiger partial charge is 0.212 e. The van der Waals surface area contributed by atoms with Crippen LogP contribution in [0.1, 0.15) is 25.3 Å². The molecule has 124 valence electrons. The Bertz CT molecular complexity index is 704. The molecule has 0 bridgehead atoms. The van der Waals surface area contributed by atoms with E-state index in [9.17, 15) is 16.8 Å². The summed E-state index contributed by atoms with van der Waals surface area (Å²) in [7, 11) is -6.74. The van der Waals surface area contributed by atoms with Gasteiger partial charge < -0.3 is 0 Å². The number of sulfonamides is 2. The van der Waals surface area contributed by atoms with Gasteiger partial charge in [-0.05, 0) is 38.8 Å². The number of benzene rings is 1. The Labute approximate surface area is 132 Å². The summed E-state index contributed by atoms with van der Waals surface area (Å²) < 4.78 is 52.2. The van der Waals surface area contributed by atoms with E-state index in [0.29, 0.717) is 25.9 Å². The number of nitrogens with one attached hydrogen (secondary N) is 1. The molecule has 1 heterocycles. The first kappa shape index (κ1) is 17.4. The topological polar surface area (TPSA) is 83.6 Å². The van der Waals surface area contributed by atoms with Gasteiger partial charge in [-0.3, -0.25) is 0 Å². The molecule has 0 aliphatic carbocycles. The van der Waals surface area contributed by atoms with Crippen LogP contribution in [-0.2, 0) is 20.0 Å². The summed E-state index contributed by atoms with van der Waals surface area (Å²) >= 11 is 0. The van der Waals surface area contributed by atoms with Crippen LogP contribution in [0.2, 0.25) is 0 Å². The number of piperidine rings is 1. The van der Waals surface area contributed by atoms with E-state index in [2.05, 4.69) is 4.72 Å². The number of hydrogen-bond acceptors (Lipinski definition) is 4. The van der Waals surface area contributed by atoms with E-state index in [4.69, 9.17) is 0 Å². The lowest BCUT2D eigenvalue weighted by molar-refractivity contribution is 0.308. The predicted molar refractivity (Wildman–Crippen MR) is 85.6 cm³/mol. The van der Waals surface area contributed by atoms with Gasteiger partial charge in [0.25, 0.3) is 0 Å². The third-order valence-electron chi connectivity index (χ3n) is 3.84. The number of rotatable bonds is 5. The third-order valence-corrected chi connectivity index (χ3v) is 7.20. The summed E-state index contributed by atoms with van der Waals surface area (Å²) in [5.41, 5.74) is 1.01. The molecular formula is C14H22N2O4S2. The highest BCUT2D eigenvalue weighted by Gasteiger charge is 2.30. The Morgan fingerprint density at radius 3 is 2.14 bits per heavy atom. The van der Waals surface area contributed by atoms with E-state index in [1.165, 1.54) is 4.31 Å². The van der Waals surface area contributed by atoms with Crippen LogP contribution in [0.4, 0.5) is 0 Å². The first-order valence-electron chi connectivity index (χ1n) is 7.31. The molecule has 0 saturated carbocycles. The zero-order valence-corrected chi connectivity index (χ0v) is 14.5. The molecule has 6 nitrogen and oxygen atoms in total. The van der Waals surface area contributed by atoms with Gasteiger partial charge in [0.1, 0.15) is 0 Å². The van der Waals surface area contributed by atoms with Gasteiger partial charge in [-0.1, -0.05) is 17.7 Å². The molecule has 22 heavy (non-hydrogen) atoms. The Balaban J connectivity index is 2.03. The summed E-state index contributed by atoms with van der Waals surface area (Å²) in [6, 6.07) is 6.58.